The molecule has 0 radical (unpaired) electrons. The van der Waals surface area contributed by atoms with E-state index in [2.05, 4.69) is 11.1 Å². The lowest BCUT2D eigenvalue weighted by Crippen LogP contribution is -1.96. The number of methoxy groups -OCH3 is 1. The fraction of sp³-hybridized carbons (Fsp3) is 0.308. The molecule has 0 fully saturated rings. The van der Waals surface area contributed by atoms with Crippen LogP contribution in [-0.4, -0.2) is 16.7 Å². The van der Waals surface area contributed by atoms with Crippen LogP contribution >= 0.6 is 0 Å². The maximum Gasteiger partial charge on any atom is 0.200 e. The molecule has 1 aromatic carbocycles. The summed E-state index contributed by atoms with van der Waals surface area (Å²) in [5, 5.41) is 0. The van der Waals surface area contributed by atoms with E-state index in [1.54, 1.807) is 7.11 Å². The van der Waals surface area contributed by atoms with Crippen LogP contribution in [0.5, 0.6) is 5.75 Å². The van der Waals surface area contributed by atoms with E-state index < -0.39 is 0 Å². The van der Waals surface area contributed by atoms with Gasteiger partial charge < -0.3 is 15.0 Å². The van der Waals surface area contributed by atoms with Gasteiger partial charge in [0.1, 0.15) is 5.75 Å². The third-order valence-corrected chi connectivity index (χ3v) is 2.81. The van der Waals surface area contributed by atoms with Crippen molar-refractivity contribution in [2.24, 2.45) is 7.05 Å². The Morgan fingerprint density at radius 1 is 1.29 bits per heavy atom. The first-order valence-corrected chi connectivity index (χ1v) is 5.60. The molecule has 4 heteroatoms. The van der Waals surface area contributed by atoms with Gasteiger partial charge in [0.15, 0.2) is 5.95 Å². The highest BCUT2D eigenvalue weighted by molar-refractivity contribution is 5.34. The van der Waals surface area contributed by atoms with Crippen LogP contribution in [-0.2, 0) is 19.9 Å². The van der Waals surface area contributed by atoms with Crippen LogP contribution in [0.25, 0.3) is 0 Å². The van der Waals surface area contributed by atoms with Crippen molar-refractivity contribution in [3.05, 3.63) is 41.7 Å². The van der Waals surface area contributed by atoms with E-state index in [1.165, 1.54) is 5.56 Å². The van der Waals surface area contributed by atoms with Crippen molar-refractivity contribution >= 4 is 5.95 Å². The normalized spacial score (nSPS) is 10.5. The second-order valence-electron chi connectivity index (χ2n) is 4.01. The quantitative estimate of drug-likeness (QED) is 0.873. The van der Waals surface area contributed by atoms with Gasteiger partial charge in [-0.25, -0.2) is 4.98 Å². The van der Waals surface area contributed by atoms with Crippen molar-refractivity contribution in [2.45, 2.75) is 12.8 Å². The van der Waals surface area contributed by atoms with Gasteiger partial charge in [0.25, 0.3) is 0 Å². The molecule has 0 bridgehead atoms. The van der Waals surface area contributed by atoms with E-state index in [0.29, 0.717) is 5.95 Å². The molecule has 0 aliphatic rings. The predicted octanol–water partition coefficient (Wildman–Crippen LogP) is 1.80. The Morgan fingerprint density at radius 3 is 2.71 bits per heavy atom. The van der Waals surface area contributed by atoms with Crippen molar-refractivity contribution in [2.75, 3.05) is 12.8 Å². The first-order valence-electron chi connectivity index (χ1n) is 5.60. The molecule has 1 aromatic heterocycles. The number of ether oxygens (including phenoxy) is 1. The van der Waals surface area contributed by atoms with Crippen LogP contribution in [0.3, 0.4) is 0 Å². The van der Waals surface area contributed by atoms with Crippen LogP contribution in [0, 0.1) is 0 Å². The highest BCUT2D eigenvalue weighted by Gasteiger charge is 2.05. The van der Waals surface area contributed by atoms with Gasteiger partial charge in [0, 0.05) is 13.2 Å². The summed E-state index contributed by atoms with van der Waals surface area (Å²) in [5.41, 5.74) is 7.90. The van der Waals surface area contributed by atoms with E-state index in [4.69, 9.17) is 10.5 Å². The number of hydrogen-bond donors (Lipinski definition) is 1. The maximum absolute atomic E-state index is 5.69. The monoisotopic (exact) mass is 231 g/mol. The number of aromatic nitrogens is 2. The van der Waals surface area contributed by atoms with Gasteiger partial charge in [0.2, 0.25) is 0 Å². The summed E-state index contributed by atoms with van der Waals surface area (Å²) in [6, 6.07) is 8.04. The lowest BCUT2D eigenvalue weighted by atomic mass is 10.1. The number of nitrogens with zero attached hydrogens (tertiary/aromatic N) is 2. The van der Waals surface area contributed by atoms with E-state index in [0.717, 1.165) is 24.3 Å². The number of anilines is 1. The molecule has 0 aliphatic carbocycles. The molecule has 17 heavy (non-hydrogen) atoms. The minimum Gasteiger partial charge on any atom is -0.496 e. The molecule has 2 aromatic rings. The number of imidazole rings is 1. The number of nitrogen functional groups attached to an aromatic ring is 1. The second kappa shape index (κ2) is 4.91. The molecule has 0 saturated heterocycles. The molecule has 1 heterocycles. The number of para-hydroxylation sites is 1. The minimum absolute atomic E-state index is 0.556. The summed E-state index contributed by atoms with van der Waals surface area (Å²) in [7, 11) is 3.59. The highest BCUT2D eigenvalue weighted by Crippen LogP contribution is 2.19. The lowest BCUT2D eigenvalue weighted by molar-refractivity contribution is 0.409. The van der Waals surface area contributed by atoms with Gasteiger partial charge in [-0.3, -0.25) is 0 Å². The number of rotatable bonds is 4. The smallest absolute Gasteiger partial charge is 0.200 e. The molecule has 2 rings (SSSR count). The Balaban J connectivity index is 2.07. The average Bonchev–Trinajstić information content (AvgIpc) is 2.66. The van der Waals surface area contributed by atoms with Crippen molar-refractivity contribution in [3.8, 4) is 5.75 Å². The summed E-state index contributed by atoms with van der Waals surface area (Å²) in [6.45, 7) is 0. The number of nitrogens with two attached hydrogens (primary N) is 1. The first-order chi connectivity index (χ1) is 8.20. The third kappa shape index (κ3) is 2.58. The van der Waals surface area contributed by atoms with Gasteiger partial charge in [-0.2, -0.15) is 0 Å². The van der Waals surface area contributed by atoms with Crippen molar-refractivity contribution < 1.29 is 4.74 Å². The zero-order chi connectivity index (χ0) is 12.3. The van der Waals surface area contributed by atoms with Gasteiger partial charge in [-0.15, -0.1) is 0 Å². The summed E-state index contributed by atoms with van der Waals surface area (Å²) >= 11 is 0. The SMILES string of the molecule is COc1ccccc1CCc1cn(C)c(N)n1. The summed E-state index contributed by atoms with van der Waals surface area (Å²) in [6.07, 6.45) is 3.73. The molecule has 4 nitrogen and oxygen atoms in total. The van der Waals surface area contributed by atoms with Gasteiger partial charge in [-0.1, -0.05) is 18.2 Å². The van der Waals surface area contributed by atoms with Gasteiger partial charge in [-0.05, 0) is 24.5 Å². The average molecular weight is 231 g/mol. The topological polar surface area (TPSA) is 53.1 Å². The van der Waals surface area contributed by atoms with E-state index >= 15 is 0 Å². The maximum atomic E-state index is 5.69. The van der Waals surface area contributed by atoms with Crippen molar-refractivity contribution in [1.29, 1.82) is 0 Å². The van der Waals surface area contributed by atoms with Crippen LogP contribution in [0.1, 0.15) is 11.3 Å². The predicted molar refractivity (Wildman–Crippen MR) is 68.0 cm³/mol. The number of hydrogen-bond acceptors (Lipinski definition) is 3. The molecule has 90 valence electrons. The summed E-state index contributed by atoms with van der Waals surface area (Å²) in [4.78, 5) is 4.28. The Labute approximate surface area is 101 Å². The summed E-state index contributed by atoms with van der Waals surface area (Å²) < 4.78 is 7.14. The van der Waals surface area contributed by atoms with E-state index in [9.17, 15) is 0 Å². The molecular formula is C13H17N3O. The molecular weight excluding hydrogens is 214 g/mol. The standard InChI is InChI=1S/C13H17N3O/c1-16-9-11(15-13(16)14)8-7-10-5-3-4-6-12(10)17-2/h3-6,9H,7-8H2,1-2H3,(H2,14,15). The van der Waals surface area contributed by atoms with E-state index in [1.807, 2.05) is 36.0 Å². The van der Waals surface area contributed by atoms with Crippen LogP contribution < -0.4 is 10.5 Å². The van der Waals surface area contributed by atoms with Crippen molar-refractivity contribution in [1.82, 2.24) is 9.55 Å². The molecule has 0 atom stereocenters. The van der Waals surface area contributed by atoms with Crippen molar-refractivity contribution in [3.63, 3.8) is 0 Å². The Bertz CT molecular complexity index is 486. The van der Waals surface area contributed by atoms with Crippen LogP contribution in [0.15, 0.2) is 30.5 Å². The van der Waals surface area contributed by atoms with Crippen LogP contribution in [0.4, 0.5) is 5.95 Å². The Morgan fingerprint density at radius 2 is 2.06 bits per heavy atom. The molecule has 0 saturated carbocycles. The fourth-order valence-corrected chi connectivity index (χ4v) is 1.84. The summed E-state index contributed by atoms with van der Waals surface area (Å²) in [5.74, 6) is 1.48. The number of benzene rings is 1. The Kier molecular flexibility index (Phi) is 3.32. The molecule has 0 amide bonds. The molecule has 0 aliphatic heterocycles. The molecule has 0 spiro atoms. The van der Waals surface area contributed by atoms with Gasteiger partial charge in [0.05, 0.1) is 12.8 Å². The van der Waals surface area contributed by atoms with Crippen LogP contribution in [0.2, 0.25) is 0 Å². The zero-order valence-corrected chi connectivity index (χ0v) is 10.2. The van der Waals surface area contributed by atoms with E-state index in [-0.39, 0.29) is 0 Å². The largest absolute Gasteiger partial charge is 0.496 e. The molecule has 2 N–H and O–H groups in total. The minimum atomic E-state index is 0.556. The molecule has 0 unspecified atom stereocenters. The first kappa shape index (κ1) is 11.5. The third-order valence-electron chi connectivity index (χ3n) is 2.81. The van der Waals surface area contributed by atoms with Gasteiger partial charge >= 0.3 is 0 Å². The lowest BCUT2D eigenvalue weighted by Gasteiger charge is -2.06. The fourth-order valence-electron chi connectivity index (χ4n) is 1.84. The zero-order valence-electron chi connectivity index (χ0n) is 10.2. The highest BCUT2D eigenvalue weighted by atomic mass is 16.5. The number of aryl methyl sites for hydroxylation is 3. The second-order valence-corrected chi connectivity index (χ2v) is 4.01. The Hall–Kier alpha value is -1.97.